The highest BCUT2D eigenvalue weighted by molar-refractivity contribution is 5.76. The van der Waals surface area contributed by atoms with Crippen molar-refractivity contribution in [3.63, 3.8) is 0 Å². The topological polar surface area (TPSA) is 123 Å². The zero-order chi connectivity index (χ0) is 31.7. The fourth-order valence-corrected chi connectivity index (χ4v) is 6.18. The highest BCUT2D eigenvalue weighted by Gasteiger charge is 2.35. The summed E-state index contributed by atoms with van der Waals surface area (Å²) in [5.41, 5.74) is 11.6. The van der Waals surface area contributed by atoms with E-state index in [9.17, 15) is 18.0 Å². The van der Waals surface area contributed by atoms with Crippen molar-refractivity contribution in [2.45, 2.75) is 51.7 Å². The number of ether oxygens (including phenoxy) is 3. The number of alkyl halides is 3. The molecule has 1 aliphatic heterocycles. The van der Waals surface area contributed by atoms with E-state index in [0.29, 0.717) is 30.8 Å². The summed E-state index contributed by atoms with van der Waals surface area (Å²) < 4.78 is 53.5. The van der Waals surface area contributed by atoms with Gasteiger partial charge in [0, 0.05) is 43.9 Å². The van der Waals surface area contributed by atoms with Crippen LogP contribution in [0.25, 0.3) is 11.3 Å². The van der Waals surface area contributed by atoms with Crippen molar-refractivity contribution in [1.29, 1.82) is 0 Å². The van der Waals surface area contributed by atoms with Crippen LogP contribution >= 0.6 is 0 Å². The standard InChI is InChI=1S/C32H36F3N5O5/c1-19-14-24(45-32(33,34)35)4-2-21(19)18-44-23-5-7-26-20(15-23)3-6-27-28(26)37-31(36)38-29(27)40-10-8-39(9-11-40)12-13-43-25-16-22(17-25)30(41)42/h2,4-5,7,14-15,22,25H,3,6,8-13,16-18H2,1H3,(H,41,42)(H2,36,37,38). The van der Waals surface area contributed by atoms with E-state index >= 15 is 0 Å². The van der Waals surface area contributed by atoms with E-state index in [0.717, 1.165) is 79.3 Å². The number of piperazine rings is 1. The molecule has 45 heavy (non-hydrogen) atoms. The van der Waals surface area contributed by atoms with Crippen molar-refractivity contribution < 1.29 is 37.3 Å². The minimum atomic E-state index is -4.74. The molecule has 3 aromatic rings. The van der Waals surface area contributed by atoms with Crippen molar-refractivity contribution in [1.82, 2.24) is 14.9 Å². The van der Waals surface area contributed by atoms with E-state index in [1.807, 2.05) is 18.2 Å². The molecule has 0 bridgehead atoms. The number of anilines is 2. The maximum absolute atomic E-state index is 12.5. The Balaban J connectivity index is 1.06. The summed E-state index contributed by atoms with van der Waals surface area (Å²) in [7, 11) is 0. The lowest BCUT2D eigenvalue weighted by atomic mass is 9.82. The number of nitrogen functional groups attached to an aromatic ring is 1. The maximum atomic E-state index is 12.5. The number of carboxylic acids is 1. The molecule has 10 nitrogen and oxygen atoms in total. The Labute approximate surface area is 258 Å². The lowest BCUT2D eigenvalue weighted by molar-refractivity contribution is -0.274. The van der Waals surface area contributed by atoms with Crippen LogP contribution in [-0.2, 0) is 29.0 Å². The molecule has 1 saturated heterocycles. The van der Waals surface area contributed by atoms with Crippen LogP contribution in [-0.4, -0.2) is 77.7 Å². The van der Waals surface area contributed by atoms with E-state index in [1.165, 1.54) is 12.1 Å². The molecule has 3 aliphatic rings. The van der Waals surface area contributed by atoms with E-state index < -0.39 is 12.3 Å². The number of carboxylic acid groups (broad SMARTS) is 1. The Morgan fingerprint density at radius 1 is 1.04 bits per heavy atom. The number of fused-ring (bicyclic) bond motifs is 3. The molecule has 0 radical (unpaired) electrons. The van der Waals surface area contributed by atoms with E-state index in [-0.39, 0.29) is 30.3 Å². The summed E-state index contributed by atoms with van der Waals surface area (Å²) in [6, 6.07) is 10.0. The SMILES string of the molecule is Cc1cc(OC(F)(F)F)ccc1COc1ccc2c(c1)CCc1c-2nc(N)nc1N1CCN(CCOC2CC(C(=O)O)C2)CC1. The van der Waals surface area contributed by atoms with E-state index in [4.69, 9.17) is 20.3 Å². The molecule has 1 saturated carbocycles. The number of rotatable bonds is 10. The van der Waals surface area contributed by atoms with Crippen LogP contribution in [0.5, 0.6) is 11.5 Å². The number of nitrogens with two attached hydrogens (primary N) is 1. The molecule has 0 atom stereocenters. The van der Waals surface area contributed by atoms with Crippen molar-refractivity contribution in [3.8, 4) is 22.8 Å². The van der Waals surface area contributed by atoms with Gasteiger partial charge in [-0.2, -0.15) is 4.98 Å². The van der Waals surface area contributed by atoms with Gasteiger partial charge in [0.05, 0.1) is 24.3 Å². The van der Waals surface area contributed by atoms with Crippen LogP contribution in [0.1, 0.15) is 35.1 Å². The van der Waals surface area contributed by atoms with Crippen LogP contribution in [0.3, 0.4) is 0 Å². The molecular formula is C32H36F3N5O5. The van der Waals surface area contributed by atoms with Gasteiger partial charge >= 0.3 is 12.3 Å². The highest BCUT2D eigenvalue weighted by Crippen LogP contribution is 2.39. The quantitative estimate of drug-likeness (QED) is 0.329. The lowest BCUT2D eigenvalue weighted by Gasteiger charge is -2.38. The summed E-state index contributed by atoms with van der Waals surface area (Å²) in [6.45, 7) is 6.65. The number of benzene rings is 2. The number of hydrogen-bond donors (Lipinski definition) is 2. The van der Waals surface area contributed by atoms with E-state index in [2.05, 4.69) is 24.5 Å². The molecule has 2 aromatic carbocycles. The van der Waals surface area contributed by atoms with Crippen molar-refractivity contribution in [2.24, 2.45) is 5.92 Å². The van der Waals surface area contributed by atoms with Gasteiger partial charge in [-0.1, -0.05) is 6.07 Å². The average molecular weight is 628 g/mol. The second-order valence-corrected chi connectivity index (χ2v) is 11.8. The maximum Gasteiger partial charge on any atom is 0.573 e. The Bertz CT molecular complexity index is 1550. The van der Waals surface area contributed by atoms with Gasteiger partial charge < -0.3 is 30.0 Å². The minimum Gasteiger partial charge on any atom is -0.489 e. The van der Waals surface area contributed by atoms with Gasteiger partial charge in [0.25, 0.3) is 0 Å². The first-order valence-corrected chi connectivity index (χ1v) is 15.1. The monoisotopic (exact) mass is 627 g/mol. The minimum absolute atomic E-state index is 0.0557. The van der Waals surface area contributed by atoms with E-state index in [1.54, 1.807) is 13.0 Å². The summed E-state index contributed by atoms with van der Waals surface area (Å²) in [5.74, 6) is 0.503. The number of aromatic nitrogens is 2. The molecule has 0 amide bonds. The predicted molar refractivity (Wildman–Crippen MR) is 160 cm³/mol. The molecule has 3 N–H and O–H groups in total. The second kappa shape index (κ2) is 12.7. The second-order valence-electron chi connectivity index (χ2n) is 11.8. The fourth-order valence-electron chi connectivity index (χ4n) is 6.18. The Morgan fingerprint density at radius 3 is 2.51 bits per heavy atom. The summed E-state index contributed by atoms with van der Waals surface area (Å²) in [6.07, 6.45) is -1.94. The van der Waals surface area contributed by atoms with Gasteiger partial charge in [-0.15, -0.1) is 13.2 Å². The van der Waals surface area contributed by atoms with Gasteiger partial charge in [0.2, 0.25) is 5.95 Å². The van der Waals surface area contributed by atoms with Crippen LogP contribution in [0.4, 0.5) is 24.9 Å². The normalized spacial score (nSPS) is 19.8. The fraction of sp³-hybridized carbons (Fsp3) is 0.469. The molecule has 1 aromatic heterocycles. The Hall–Kier alpha value is -4.10. The Morgan fingerprint density at radius 2 is 1.80 bits per heavy atom. The molecular weight excluding hydrogens is 591 g/mol. The first-order chi connectivity index (χ1) is 21.5. The first kappa shape index (κ1) is 30.9. The third-order valence-corrected chi connectivity index (χ3v) is 8.80. The molecule has 0 unspecified atom stereocenters. The first-order valence-electron chi connectivity index (χ1n) is 15.1. The predicted octanol–water partition coefficient (Wildman–Crippen LogP) is 4.61. The smallest absolute Gasteiger partial charge is 0.489 e. The zero-order valence-electron chi connectivity index (χ0n) is 25.0. The van der Waals surface area contributed by atoms with Crippen LogP contribution in [0, 0.1) is 12.8 Å². The lowest BCUT2D eigenvalue weighted by Crippen LogP contribution is -2.48. The summed E-state index contributed by atoms with van der Waals surface area (Å²) in [5, 5.41) is 9.03. The van der Waals surface area contributed by atoms with Crippen molar-refractivity contribution >= 4 is 17.7 Å². The zero-order valence-corrected chi connectivity index (χ0v) is 25.0. The van der Waals surface area contributed by atoms with Gasteiger partial charge in [-0.05, 0) is 79.6 Å². The van der Waals surface area contributed by atoms with Gasteiger partial charge in [-0.25, -0.2) is 4.98 Å². The molecule has 0 spiro atoms. The largest absolute Gasteiger partial charge is 0.573 e. The van der Waals surface area contributed by atoms with Gasteiger partial charge in [0.1, 0.15) is 23.9 Å². The highest BCUT2D eigenvalue weighted by atomic mass is 19.4. The molecule has 2 heterocycles. The van der Waals surface area contributed by atoms with Crippen LogP contribution < -0.4 is 20.1 Å². The average Bonchev–Trinajstić information content (AvgIpc) is 2.96. The third kappa shape index (κ3) is 7.25. The Kier molecular flexibility index (Phi) is 8.74. The van der Waals surface area contributed by atoms with Crippen molar-refractivity contribution in [3.05, 3.63) is 58.7 Å². The number of hydrogen-bond acceptors (Lipinski definition) is 9. The third-order valence-electron chi connectivity index (χ3n) is 8.80. The molecule has 6 rings (SSSR count). The van der Waals surface area contributed by atoms with Crippen LogP contribution in [0.15, 0.2) is 36.4 Å². The number of aliphatic carboxylic acids is 1. The summed E-state index contributed by atoms with van der Waals surface area (Å²) >= 11 is 0. The van der Waals surface area contributed by atoms with Gasteiger partial charge in [0.15, 0.2) is 0 Å². The number of nitrogens with zero attached hydrogens (tertiary/aromatic N) is 4. The molecule has 240 valence electrons. The number of carbonyl (C=O) groups is 1. The van der Waals surface area contributed by atoms with Crippen molar-refractivity contribution in [2.75, 3.05) is 50.0 Å². The molecule has 2 fully saturated rings. The molecule has 2 aliphatic carbocycles. The number of aryl methyl sites for hydroxylation is 2. The molecule has 13 heteroatoms. The van der Waals surface area contributed by atoms with Crippen LogP contribution in [0.2, 0.25) is 0 Å². The summed E-state index contributed by atoms with van der Waals surface area (Å²) in [4.78, 5) is 24.9. The van der Waals surface area contributed by atoms with Gasteiger partial charge in [-0.3, -0.25) is 9.69 Å². The number of halogens is 3.